The maximum Gasteiger partial charge on any atom is 0.231 e. The minimum absolute atomic E-state index is 0. The third-order valence-corrected chi connectivity index (χ3v) is 3.73. The third kappa shape index (κ3) is 3.61. The fourth-order valence-corrected chi connectivity index (χ4v) is 2.57. The molecule has 0 aliphatic carbocycles. The Labute approximate surface area is 135 Å². The van der Waals surface area contributed by atoms with Crippen molar-refractivity contribution in [1.82, 2.24) is 21.5 Å². The van der Waals surface area contributed by atoms with Gasteiger partial charge in [-0.05, 0) is 24.7 Å². The van der Waals surface area contributed by atoms with Crippen LogP contribution in [0.5, 0.6) is 11.5 Å². The number of ether oxygens (including phenoxy) is 2. The van der Waals surface area contributed by atoms with Crippen LogP contribution in [0.3, 0.4) is 0 Å². The van der Waals surface area contributed by atoms with E-state index >= 15 is 0 Å². The number of benzene rings is 1. The molecule has 0 bridgehead atoms. The molecule has 2 atom stereocenters. The molecule has 7 nitrogen and oxygen atoms in total. The van der Waals surface area contributed by atoms with Gasteiger partial charge in [-0.15, -0.1) is 12.4 Å². The van der Waals surface area contributed by atoms with E-state index in [1.165, 1.54) is 0 Å². The molecule has 2 unspecified atom stereocenters. The Morgan fingerprint density at radius 3 is 3.00 bits per heavy atom. The van der Waals surface area contributed by atoms with Crippen LogP contribution in [0.2, 0.25) is 0 Å². The highest BCUT2D eigenvalue weighted by Gasteiger charge is 2.30. The van der Waals surface area contributed by atoms with Gasteiger partial charge in [0.2, 0.25) is 12.7 Å². The Kier molecular flexibility index (Phi) is 5.84. The Morgan fingerprint density at radius 2 is 2.18 bits per heavy atom. The number of fused-ring (bicyclic) bond motifs is 1. The topological polar surface area (TPSA) is 83.7 Å². The van der Waals surface area contributed by atoms with Crippen LogP contribution < -0.4 is 31.0 Å². The molecule has 1 fully saturated rings. The maximum atomic E-state index is 11.9. The lowest BCUT2D eigenvalue weighted by Crippen LogP contribution is -2.46. The van der Waals surface area contributed by atoms with E-state index < -0.39 is 0 Å². The fourth-order valence-electron chi connectivity index (χ4n) is 2.57. The largest absolute Gasteiger partial charge is 0.454 e. The highest BCUT2D eigenvalue weighted by Crippen LogP contribution is 2.35. The molecule has 0 spiro atoms. The predicted octanol–water partition coefficient (Wildman–Crippen LogP) is 0.0803. The quantitative estimate of drug-likeness (QED) is 0.613. The van der Waals surface area contributed by atoms with Crippen molar-refractivity contribution in [3.63, 3.8) is 0 Å². The summed E-state index contributed by atoms with van der Waals surface area (Å²) < 4.78 is 10.7. The van der Waals surface area contributed by atoms with Crippen LogP contribution in [-0.2, 0) is 4.79 Å². The molecule has 0 saturated carbocycles. The first-order chi connectivity index (χ1) is 10.3. The highest BCUT2D eigenvalue weighted by atomic mass is 35.5. The molecule has 1 amide bonds. The monoisotopic (exact) mass is 328 g/mol. The lowest BCUT2D eigenvalue weighted by molar-refractivity contribution is -0.121. The minimum Gasteiger partial charge on any atom is -0.454 e. The van der Waals surface area contributed by atoms with E-state index in [1.807, 2.05) is 25.2 Å². The lowest BCUT2D eigenvalue weighted by atomic mass is 9.97. The van der Waals surface area contributed by atoms with E-state index in [4.69, 9.17) is 9.47 Å². The van der Waals surface area contributed by atoms with E-state index in [2.05, 4.69) is 21.5 Å². The van der Waals surface area contributed by atoms with E-state index in [1.54, 1.807) is 0 Å². The maximum absolute atomic E-state index is 11.9. The zero-order valence-corrected chi connectivity index (χ0v) is 13.2. The molecular formula is C14H21ClN4O3. The number of rotatable bonds is 5. The SMILES string of the molecule is CNCCC(=O)NC1NNCC1c1ccc2c(c1)OCO2.Cl. The van der Waals surface area contributed by atoms with Crippen molar-refractivity contribution < 1.29 is 14.3 Å². The van der Waals surface area contributed by atoms with Gasteiger partial charge in [-0.3, -0.25) is 10.2 Å². The van der Waals surface area contributed by atoms with Crippen LogP contribution in [0.25, 0.3) is 0 Å². The number of carbonyl (C=O) groups is 1. The molecule has 0 aromatic heterocycles. The number of halogens is 1. The first-order valence-electron chi connectivity index (χ1n) is 7.10. The summed E-state index contributed by atoms with van der Waals surface area (Å²) in [5.41, 5.74) is 7.31. The van der Waals surface area contributed by atoms with Crippen molar-refractivity contribution in [2.45, 2.75) is 18.5 Å². The average Bonchev–Trinajstić information content (AvgIpc) is 3.12. The molecule has 4 N–H and O–H groups in total. The minimum atomic E-state index is -0.130. The van der Waals surface area contributed by atoms with Crippen molar-refractivity contribution in [3.05, 3.63) is 23.8 Å². The van der Waals surface area contributed by atoms with Crippen molar-refractivity contribution in [2.24, 2.45) is 0 Å². The summed E-state index contributed by atoms with van der Waals surface area (Å²) in [5.74, 6) is 1.71. The second-order valence-electron chi connectivity index (χ2n) is 5.14. The molecule has 2 aliphatic heterocycles. The Bertz CT molecular complexity index is 529. The normalized spacial score (nSPS) is 22.2. The van der Waals surface area contributed by atoms with E-state index in [0.29, 0.717) is 13.0 Å². The number of nitrogens with one attached hydrogen (secondary N) is 4. The van der Waals surface area contributed by atoms with Gasteiger partial charge in [-0.2, -0.15) is 0 Å². The Balaban J connectivity index is 0.00000176. The van der Waals surface area contributed by atoms with Crippen molar-refractivity contribution in [1.29, 1.82) is 0 Å². The van der Waals surface area contributed by atoms with Gasteiger partial charge in [0.05, 0.1) is 0 Å². The van der Waals surface area contributed by atoms with Crippen molar-refractivity contribution in [3.8, 4) is 11.5 Å². The predicted molar refractivity (Wildman–Crippen MR) is 84.2 cm³/mol. The van der Waals surface area contributed by atoms with Crippen LogP contribution in [0.4, 0.5) is 0 Å². The number of hydrogen-bond acceptors (Lipinski definition) is 6. The van der Waals surface area contributed by atoms with E-state index in [-0.39, 0.29) is 37.2 Å². The second-order valence-corrected chi connectivity index (χ2v) is 5.14. The first kappa shape index (κ1) is 16.8. The fraction of sp³-hybridized carbons (Fsp3) is 0.500. The van der Waals surface area contributed by atoms with Gasteiger partial charge in [-0.25, -0.2) is 5.43 Å². The Hall–Kier alpha value is -1.54. The molecule has 3 rings (SSSR count). The molecule has 8 heteroatoms. The van der Waals surface area contributed by atoms with Crippen molar-refractivity contribution >= 4 is 18.3 Å². The van der Waals surface area contributed by atoms with Gasteiger partial charge < -0.3 is 20.1 Å². The van der Waals surface area contributed by atoms with Crippen LogP contribution in [0, 0.1) is 0 Å². The van der Waals surface area contributed by atoms with Gasteiger partial charge >= 0.3 is 0 Å². The number of hydrogen-bond donors (Lipinski definition) is 4. The molecule has 1 aromatic rings. The molecular weight excluding hydrogens is 308 g/mol. The molecule has 1 saturated heterocycles. The average molecular weight is 329 g/mol. The van der Waals surface area contributed by atoms with Crippen LogP contribution >= 0.6 is 12.4 Å². The standard InChI is InChI=1S/C14H20N4O3.ClH/c1-15-5-4-13(19)17-14-10(7-16-18-14)9-2-3-11-12(6-9)21-8-20-11;/h2-3,6,10,14-16,18H,4-5,7-8H2,1H3,(H,17,19);1H. The van der Waals surface area contributed by atoms with Gasteiger partial charge in [0.1, 0.15) is 6.17 Å². The molecule has 0 radical (unpaired) electrons. The zero-order valence-electron chi connectivity index (χ0n) is 12.3. The van der Waals surface area contributed by atoms with Gasteiger partial charge in [0.25, 0.3) is 0 Å². The second kappa shape index (κ2) is 7.64. The highest BCUT2D eigenvalue weighted by molar-refractivity contribution is 5.85. The summed E-state index contributed by atoms with van der Waals surface area (Å²) in [4.78, 5) is 11.9. The van der Waals surface area contributed by atoms with E-state index in [9.17, 15) is 4.79 Å². The lowest BCUT2D eigenvalue weighted by Gasteiger charge is -2.20. The number of hydrazine groups is 1. The van der Waals surface area contributed by atoms with Crippen molar-refractivity contribution in [2.75, 3.05) is 26.9 Å². The molecule has 1 aromatic carbocycles. The third-order valence-electron chi connectivity index (χ3n) is 3.73. The summed E-state index contributed by atoms with van der Waals surface area (Å²) >= 11 is 0. The number of carbonyl (C=O) groups excluding carboxylic acids is 1. The summed E-state index contributed by atoms with van der Waals surface area (Å²) in [6, 6.07) is 5.91. The smallest absolute Gasteiger partial charge is 0.231 e. The van der Waals surface area contributed by atoms with Gasteiger partial charge in [0.15, 0.2) is 11.5 Å². The van der Waals surface area contributed by atoms with Crippen LogP contribution in [0.1, 0.15) is 17.9 Å². The van der Waals surface area contributed by atoms with Crippen LogP contribution in [-0.4, -0.2) is 39.0 Å². The van der Waals surface area contributed by atoms with E-state index in [0.717, 1.165) is 23.6 Å². The molecule has 2 heterocycles. The Morgan fingerprint density at radius 1 is 1.36 bits per heavy atom. The summed E-state index contributed by atoms with van der Waals surface area (Å²) in [7, 11) is 1.83. The zero-order chi connectivity index (χ0) is 14.7. The summed E-state index contributed by atoms with van der Waals surface area (Å²) in [6.07, 6.45) is 0.331. The number of amides is 1. The molecule has 2 aliphatic rings. The van der Waals surface area contributed by atoms with Gasteiger partial charge in [0, 0.05) is 25.4 Å². The molecule has 122 valence electrons. The molecule has 22 heavy (non-hydrogen) atoms. The van der Waals surface area contributed by atoms with Gasteiger partial charge in [-0.1, -0.05) is 6.07 Å². The van der Waals surface area contributed by atoms with Crippen LogP contribution in [0.15, 0.2) is 18.2 Å². The summed E-state index contributed by atoms with van der Waals surface area (Å²) in [6.45, 7) is 1.68. The summed E-state index contributed by atoms with van der Waals surface area (Å²) in [5, 5.41) is 5.97. The first-order valence-corrected chi connectivity index (χ1v) is 7.10.